The maximum absolute atomic E-state index is 12.7. The fourth-order valence-electron chi connectivity index (χ4n) is 2.84. The first kappa shape index (κ1) is 19.2. The Kier molecular flexibility index (Phi) is 5.44. The number of nitro benzene ring substituents is 1. The predicted molar refractivity (Wildman–Crippen MR) is 94.3 cm³/mol. The number of Topliss-reactive ketones (excluding diaryl/α,β-unsaturated/α-hetero) is 2. The standard InChI is InChI=1S/C18H20N2O6/c1-9-16(11(3)21)10(2)19-17(9)18(22)12(4)26-15-7-6-13(25-5)8-14(15)20(23)24/h6-8,12,19H,1-5H3/t12-/m1/s1. The fourth-order valence-corrected chi connectivity index (χ4v) is 2.84. The molecule has 2 aromatic rings. The third-order valence-electron chi connectivity index (χ3n) is 4.07. The summed E-state index contributed by atoms with van der Waals surface area (Å²) in [5.41, 5.74) is 1.57. The Hall–Kier alpha value is -3.16. The largest absolute Gasteiger partial charge is 0.496 e. The molecule has 1 aromatic carbocycles. The molecule has 1 N–H and O–H groups in total. The van der Waals surface area contributed by atoms with Crippen molar-refractivity contribution in [3.8, 4) is 11.5 Å². The van der Waals surface area contributed by atoms with Crippen molar-refractivity contribution in [1.82, 2.24) is 4.98 Å². The van der Waals surface area contributed by atoms with Crippen LogP contribution in [0.3, 0.4) is 0 Å². The number of ketones is 2. The lowest BCUT2D eigenvalue weighted by Crippen LogP contribution is -2.25. The van der Waals surface area contributed by atoms with Crippen LogP contribution in [0.2, 0.25) is 0 Å². The van der Waals surface area contributed by atoms with Gasteiger partial charge in [-0.2, -0.15) is 0 Å². The molecule has 138 valence electrons. The van der Waals surface area contributed by atoms with Gasteiger partial charge in [0.15, 0.2) is 17.6 Å². The van der Waals surface area contributed by atoms with Crippen LogP contribution in [0, 0.1) is 24.0 Å². The number of nitrogens with one attached hydrogen (secondary N) is 1. The summed E-state index contributed by atoms with van der Waals surface area (Å²) >= 11 is 0. The van der Waals surface area contributed by atoms with Crippen molar-refractivity contribution in [2.75, 3.05) is 7.11 Å². The third kappa shape index (κ3) is 3.58. The van der Waals surface area contributed by atoms with Gasteiger partial charge >= 0.3 is 5.69 Å². The monoisotopic (exact) mass is 360 g/mol. The molecule has 26 heavy (non-hydrogen) atoms. The summed E-state index contributed by atoms with van der Waals surface area (Å²) in [5, 5.41) is 11.2. The van der Waals surface area contributed by atoms with Gasteiger partial charge in [0, 0.05) is 11.3 Å². The Morgan fingerprint density at radius 1 is 1.27 bits per heavy atom. The average Bonchev–Trinajstić information content (AvgIpc) is 2.88. The molecule has 1 aromatic heterocycles. The SMILES string of the molecule is COc1ccc(O[C@H](C)C(=O)c2[nH]c(C)c(C(C)=O)c2C)c([N+](=O)[O-])c1. The topological polar surface area (TPSA) is 112 Å². The second kappa shape index (κ2) is 7.38. The van der Waals surface area contributed by atoms with Crippen LogP contribution in [0.1, 0.15) is 46.0 Å². The quantitative estimate of drug-likeness (QED) is 0.460. The van der Waals surface area contributed by atoms with Gasteiger partial charge in [0.2, 0.25) is 5.78 Å². The van der Waals surface area contributed by atoms with E-state index in [9.17, 15) is 19.7 Å². The number of hydrogen-bond acceptors (Lipinski definition) is 6. The van der Waals surface area contributed by atoms with Crippen molar-refractivity contribution in [1.29, 1.82) is 0 Å². The van der Waals surface area contributed by atoms with Gasteiger partial charge in [-0.1, -0.05) is 0 Å². The van der Waals surface area contributed by atoms with E-state index in [4.69, 9.17) is 9.47 Å². The summed E-state index contributed by atoms with van der Waals surface area (Å²) < 4.78 is 10.5. The van der Waals surface area contributed by atoms with Crippen LogP contribution in [0.4, 0.5) is 5.69 Å². The number of rotatable bonds is 7. The maximum atomic E-state index is 12.7. The van der Waals surface area contributed by atoms with E-state index in [1.54, 1.807) is 13.8 Å². The maximum Gasteiger partial charge on any atom is 0.314 e. The van der Waals surface area contributed by atoms with Crippen molar-refractivity contribution >= 4 is 17.3 Å². The van der Waals surface area contributed by atoms with Crippen LogP contribution < -0.4 is 9.47 Å². The number of ether oxygens (including phenoxy) is 2. The van der Waals surface area contributed by atoms with Gasteiger partial charge in [-0.05, 0) is 45.4 Å². The normalized spacial score (nSPS) is 11.7. The van der Waals surface area contributed by atoms with Gasteiger partial charge in [0.1, 0.15) is 5.75 Å². The van der Waals surface area contributed by atoms with Gasteiger partial charge in [-0.15, -0.1) is 0 Å². The number of aryl methyl sites for hydroxylation is 1. The number of nitrogens with zero attached hydrogens (tertiary/aromatic N) is 1. The predicted octanol–water partition coefficient (Wildman–Crippen LogP) is 3.40. The summed E-state index contributed by atoms with van der Waals surface area (Å²) in [5.74, 6) is -0.271. The van der Waals surface area contributed by atoms with Crippen LogP contribution in [-0.2, 0) is 0 Å². The van der Waals surface area contributed by atoms with E-state index in [1.807, 2.05) is 0 Å². The molecular weight excluding hydrogens is 340 g/mol. The van der Waals surface area contributed by atoms with Gasteiger partial charge < -0.3 is 14.5 Å². The van der Waals surface area contributed by atoms with Crippen LogP contribution in [0.5, 0.6) is 11.5 Å². The minimum Gasteiger partial charge on any atom is -0.496 e. The molecule has 0 fully saturated rings. The summed E-state index contributed by atoms with van der Waals surface area (Å²) in [6.07, 6.45) is -0.987. The van der Waals surface area contributed by atoms with Crippen molar-refractivity contribution in [2.24, 2.45) is 0 Å². The molecule has 0 amide bonds. The van der Waals surface area contributed by atoms with Gasteiger partial charge in [-0.25, -0.2) is 0 Å². The molecule has 0 aliphatic rings. The molecule has 0 aliphatic heterocycles. The number of carbonyl (C=O) groups is 2. The number of benzene rings is 1. The molecule has 0 unspecified atom stereocenters. The second-order valence-electron chi connectivity index (χ2n) is 5.90. The second-order valence-corrected chi connectivity index (χ2v) is 5.90. The van der Waals surface area contributed by atoms with Crippen LogP contribution >= 0.6 is 0 Å². The summed E-state index contributed by atoms with van der Waals surface area (Å²) in [7, 11) is 1.40. The lowest BCUT2D eigenvalue weighted by molar-refractivity contribution is -0.386. The zero-order valence-corrected chi connectivity index (χ0v) is 15.2. The molecule has 1 heterocycles. The Bertz CT molecular complexity index is 884. The number of carbonyl (C=O) groups excluding carboxylic acids is 2. The number of aromatic nitrogens is 1. The highest BCUT2D eigenvalue weighted by Gasteiger charge is 2.27. The number of aromatic amines is 1. The van der Waals surface area contributed by atoms with E-state index in [0.29, 0.717) is 22.6 Å². The molecule has 8 heteroatoms. The molecule has 2 rings (SSSR count). The molecule has 0 spiro atoms. The Morgan fingerprint density at radius 2 is 1.92 bits per heavy atom. The lowest BCUT2D eigenvalue weighted by atomic mass is 10.0. The van der Waals surface area contributed by atoms with Crippen molar-refractivity contribution < 1.29 is 24.0 Å². The number of hydrogen-bond donors (Lipinski definition) is 1. The van der Waals surface area contributed by atoms with Crippen molar-refractivity contribution in [3.05, 3.63) is 50.8 Å². The molecule has 0 saturated carbocycles. The zero-order chi connectivity index (χ0) is 19.6. The molecule has 0 bridgehead atoms. The highest BCUT2D eigenvalue weighted by atomic mass is 16.6. The van der Waals surface area contributed by atoms with Crippen molar-refractivity contribution in [2.45, 2.75) is 33.8 Å². The van der Waals surface area contributed by atoms with E-state index >= 15 is 0 Å². The van der Waals surface area contributed by atoms with Crippen molar-refractivity contribution in [3.63, 3.8) is 0 Å². The van der Waals surface area contributed by atoms with Gasteiger partial charge in [0.05, 0.1) is 23.8 Å². The van der Waals surface area contributed by atoms with Crippen LogP contribution in [0.15, 0.2) is 18.2 Å². The Morgan fingerprint density at radius 3 is 2.42 bits per heavy atom. The number of H-pyrrole nitrogens is 1. The fraction of sp³-hybridized carbons (Fsp3) is 0.333. The summed E-state index contributed by atoms with van der Waals surface area (Å²) in [6.45, 7) is 6.31. The summed E-state index contributed by atoms with van der Waals surface area (Å²) in [4.78, 5) is 38.0. The van der Waals surface area contributed by atoms with Gasteiger partial charge in [-0.3, -0.25) is 19.7 Å². The zero-order valence-electron chi connectivity index (χ0n) is 15.2. The minimum atomic E-state index is -0.987. The van der Waals surface area contributed by atoms with Crippen LogP contribution in [-0.4, -0.2) is 34.7 Å². The molecule has 0 radical (unpaired) electrons. The Balaban J connectivity index is 2.32. The highest BCUT2D eigenvalue weighted by molar-refractivity contribution is 6.04. The first-order chi connectivity index (χ1) is 12.2. The van der Waals surface area contributed by atoms with E-state index in [0.717, 1.165) is 0 Å². The van der Waals surface area contributed by atoms with Crippen LogP contribution in [0.25, 0.3) is 0 Å². The van der Waals surface area contributed by atoms with E-state index in [-0.39, 0.29) is 22.9 Å². The third-order valence-corrected chi connectivity index (χ3v) is 4.07. The van der Waals surface area contributed by atoms with E-state index in [2.05, 4.69) is 4.98 Å². The van der Waals surface area contributed by atoms with E-state index in [1.165, 1.54) is 39.2 Å². The summed E-state index contributed by atoms with van der Waals surface area (Å²) in [6, 6.07) is 4.12. The minimum absolute atomic E-state index is 0.0376. The highest BCUT2D eigenvalue weighted by Crippen LogP contribution is 2.32. The average molecular weight is 360 g/mol. The van der Waals surface area contributed by atoms with E-state index < -0.39 is 16.8 Å². The first-order valence-electron chi connectivity index (χ1n) is 7.90. The molecule has 0 aliphatic carbocycles. The Labute approximate surface area is 150 Å². The molecule has 8 nitrogen and oxygen atoms in total. The first-order valence-corrected chi connectivity index (χ1v) is 7.90. The molecule has 0 saturated heterocycles. The number of nitro groups is 1. The number of methoxy groups -OCH3 is 1. The molecule has 1 atom stereocenters. The lowest BCUT2D eigenvalue weighted by Gasteiger charge is -2.14. The molecular formula is C18H20N2O6. The van der Waals surface area contributed by atoms with Gasteiger partial charge in [0.25, 0.3) is 0 Å². The smallest absolute Gasteiger partial charge is 0.314 e.